The fraction of sp³-hybridized carbons (Fsp3) is 0.400. The van der Waals surface area contributed by atoms with E-state index >= 15 is 0 Å². The molecule has 4 rings (SSSR count). The van der Waals surface area contributed by atoms with Crippen molar-refractivity contribution in [2.75, 3.05) is 19.9 Å². The number of hydrogen-bond donors (Lipinski definition) is 0. The highest BCUT2D eigenvalue weighted by atomic mass is 16.7. The summed E-state index contributed by atoms with van der Waals surface area (Å²) in [4.78, 5) is 19.4. The third kappa shape index (κ3) is 3.45. The number of amides is 1. The van der Waals surface area contributed by atoms with E-state index in [0.29, 0.717) is 23.0 Å². The minimum Gasteiger partial charge on any atom is -0.454 e. The lowest BCUT2D eigenvalue weighted by atomic mass is 9.92. The zero-order valence-electron chi connectivity index (χ0n) is 14.4. The molecule has 1 saturated heterocycles. The zero-order valence-corrected chi connectivity index (χ0v) is 14.4. The molecule has 1 aromatic carbocycles. The summed E-state index contributed by atoms with van der Waals surface area (Å²) in [5, 5.41) is 0. The largest absolute Gasteiger partial charge is 0.454 e. The quantitative estimate of drug-likeness (QED) is 0.862. The molecule has 1 fully saturated rings. The van der Waals surface area contributed by atoms with E-state index < -0.39 is 0 Å². The van der Waals surface area contributed by atoms with Crippen LogP contribution >= 0.6 is 0 Å². The van der Waals surface area contributed by atoms with Crippen molar-refractivity contribution in [1.29, 1.82) is 0 Å². The maximum Gasteiger partial charge on any atom is 0.254 e. The molecule has 0 N–H and O–H groups in total. The molecule has 1 amide bonds. The van der Waals surface area contributed by atoms with Gasteiger partial charge in [0.15, 0.2) is 11.5 Å². The number of likely N-dealkylation sites (tertiary alicyclic amines) is 1. The summed E-state index contributed by atoms with van der Waals surface area (Å²) in [7, 11) is 0. The van der Waals surface area contributed by atoms with Crippen LogP contribution in [0.25, 0.3) is 0 Å². The molecule has 3 heterocycles. The van der Waals surface area contributed by atoms with Crippen LogP contribution in [0.15, 0.2) is 36.4 Å². The van der Waals surface area contributed by atoms with E-state index in [-0.39, 0.29) is 12.7 Å². The summed E-state index contributed by atoms with van der Waals surface area (Å²) in [5.74, 6) is 1.89. The van der Waals surface area contributed by atoms with Crippen LogP contribution in [0.3, 0.4) is 0 Å². The van der Waals surface area contributed by atoms with Gasteiger partial charge in [-0.05, 0) is 62.4 Å². The molecule has 0 unspecified atom stereocenters. The van der Waals surface area contributed by atoms with Crippen LogP contribution in [0.4, 0.5) is 0 Å². The molecule has 2 aliphatic rings. The lowest BCUT2D eigenvalue weighted by molar-refractivity contribution is 0.0672. The lowest BCUT2D eigenvalue weighted by Crippen LogP contribution is -2.40. The molecule has 2 aromatic rings. The third-order valence-electron chi connectivity index (χ3n) is 4.87. The van der Waals surface area contributed by atoms with Gasteiger partial charge in [0, 0.05) is 30.0 Å². The second-order valence-corrected chi connectivity index (χ2v) is 6.80. The van der Waals surface area contributed by atoms with Crippen LogP contribution in [0, 0.1) is 12.8 Å². The van der Waals surface area contributed by atoms with E-state index in [1.807, 2.05) is 30.0 Å². The van der Waals surface area contributed by atoms with E-state index in [0.717, 1.165) is 43.7 Å². The highest BCUT2D eigenvalue weighted by Gasteiger charge is 2.26. The molecule has 0 aliphatic carbocycles. The Kier molecular flexibility index (Phi) is 4.30. The van der Waals surface area contributed by atoms with Gasteiger partial charge in [-0.2, -0.15) is 0 Å². The number of hydrogen-bond acceptors (Lipinski definition) is 4. The first-order valence-electron chi connectivity index (χ1n) is 8.80. The highest BCUT2D eigenvalue weighted by molar-refractivity contribution is 5.95. The summed E-state index contributed by atoms with van der Waals surface area (Å²) in [6.07, 6.45) is 3.10. The van der Waals surface area contributed by atoms with Gasteiger partial charge in [0.05, 0.1) is 0 Å². The number of benzene rings is 1. The number of piperidine rings is 1. The van der Waals surface area contributed by atoms with Crippen LogP contribution in [-0.2, 0) is 6.42 Å². The number of aromatic nitrogens is 1. The molecule has 0 saturated carbocycles. The van der Waals surface area contributed by atoms with Crippen LogP contribution in [0.1, 0.15) is 34.6 Å². The number of nitrogens with zero attached hydrogens (tertiary/aromatic N) is 2. The Morgan fingerprint density at radius 3 is 3.00 bits per heavy atom. The number of aryl methyl sites for hydroxylation is 1. The van der Waals surface area contributed by atoms with Gasteiger partial charge in [-0.1, -0.05) is 6.07 Å². The Morgan fingerprint density at radius 2 is 2.12 bits per heavy atom. The smallest absolute Gasteiger partial charge is 0.254 e. The normalized spacial score (nSPS) is 19.1. The topological polar surface area (TPSA) is 51.7 Å². The van der Waals surface area contributed by atoms with Crippen molar-refractivity contribution in [2.45, 2.75) is 26.2 Å². The monoisotopic (exact) mass is 338 g/mol. The molecule has 25 heavy (non-hydrogen) atoms. The number of pyridine rings is 1. The standard InChI is InChI=1S/C20H22N2O3/c1-14-4-2-6-17(21-14)10-15-5-3-9-22(12-15)20(23)16-7-8-18-19(11-16)25-13-24-18/h2,4,6-8,11,15H,3,5,9-10,12-13H2,1H3/t15-/m0/s1. The second kappa shape index (κ2) is 6.75. The Morgan fingerprint density at radius 1 is 1.24 bits per heavy atom. The first-order valence-corrected chi connectivity index (χ1v) is 8.80. The van der Waals surface area contributed by atoms with Crippen molar-refractivity contribution in [3.63, 3.8) is 0 Å². The first-order chi connectivity index (χ1) is 12.2. The van der Waals surface area contributed by atoms with Gasteiger partial charge in [0.1, 0.15) is 0 Å². The van der Waals surface area contributed by atoms with E-state index in [1.165, 1.54) is 0 Å². The predicted molar refractivity (Wildman–Crippen MR) is 93.9 cm³/mol. The molecular formula is C20H22N2O3. The third-order valence-corrected chi connectivity index (χ3v) is 4.87. The van der Waals surface area contributed by atoms with Crippen molar-refractivity contribution < 1.29 is 14.3 Å². The van der Waals surface area contributed by atoms with Crippen molar-refractivity contribution in [2.24, 2.45) is 5.92 Å². The molecule has 130 valence electrons. The molecule has 2 aliphatic heterocycles. The fourth-order valence-corrected chi connectivity index (χ4v) is 3.64. The summed E-state index contributed by atoms with van der Waals surface area (Å²) >= 11 is 0. The van der Waals surface area contributed by atoms with Gasteiger partial charge >= 0.3 is 0 Å². The van der Waals surface area contributed by atoms with E-state index in [1.54, 1.807) is 6.07 Å². The van der Waals surface area contributed by atoms with Crippen LogP contribution in [0.2, 0.25) is 0 Å². The van der Waals surface area contributed by atoms with E-state index in [9.17, 15) is 4.79 Å². The molecular weight excluding hydrogens is 316 g/mol. The van der Waals surface area contributed by atoms with Gasteiger partial charge in [-0.3, -0.25) is 9.78 Å². The molecule has 0 radical (unpaired) electrons. The number of rotatable bonds is 3. The second-order valence-electron chi connectivity index (χ2n) is 6.80. The summed E-state index contributed by atoms with van der Waals surface area (Å²) in [6, 6.07) is 11.6. The number of carbonyl (C=O) groups excluding carboxylic acids is 1. The fourth-order valence-electron chi connectivity index (χ4n) is 3.64. The average molecular weight is 338 g/mol. The maximum absolute atomic E-state index is 12.9. The van der Waals surface area contributed by atoms with Crippen LogP contribution < -0.4 is 9.47 Å². The average Bonchev–Trinajstić information content (AvgIpc) is 3.09. The summed E-state index contributed by atoms with van der Waals surface area (Å²) < 4.78 is 10.7. The highest BCUT2D eigenvalue weighted by Crippen LogP contribution is 2.33. The van der Waals surface area contributed by atoms with Crippen molar-refractivity contribution in [1.82, 2.24) is 9.88 Å². The number of ether oxygens (including phenoxy) is 2. The number of fused-ring (bicyclic) bond motifs is 1. The van der Waals surface area contributed by atoms with Gasteiger partial charge in [-0.25, -0.2) is 0 Å². The van der Waals surface area contributed by atoms with Gasteiger partial charge in [0.2, 0.25) is 6.79 Å². The van der Waals surface area contributed by atoms with Crippen LogP contribution in [0.5, 0.6) is 11.5 Å². The maximum atomic E-state index is 12.9. The lowest BCUT2D eigenvalue weighted by Gasteiger charge is -2.33. The predicted octanol–water partition coefficient (Wildman–Crippen LogP) is 3.21. The van der Waals surface area contributed by atoms with E-state index in [2.05, 4.69) is 17.1 Å². The van der Waals surface area contributed by atoms with E-state index in [4.69, 9.17) is 9.47 Å². The Hall–Kier alpha value is -2.56. The van der Waals surface area contributed by atoms with Crippen LogP contribution in [-0.4, -0.2) is 35.7 Å². The van der Waals surface area contributed by atoms with Crippen molar-refractivity contribution in [3.8, 4) is 11.5 Å². The Balaban J connectivity index is 1.44. The van der Waals surface area contributed by atoms with Crippen molar-refractivity contribution in [3.05, 3.63) is 53.3 Å². The minimum absolute atomic E-state index is 0.0696. The molecule has 5 nitrogen and oxygen atoms in total. The Bertz CT molecular complexity index is 790. The summed E-state index contributed by atoms with van der Waals surface area (Å²) in [6.45, 7) is 3.83. The van der Waals surface area contributed by atoms with Gasteiger partial charge in [-0.15, -0.1) is 0 Å². The van der Waals surface area contributed by atoms with Crippen molar-refractivity contribution >= 4 is 5.91 Å². The summed E-state index contributed by atoms with van der Waals surface area (Å²) in [5.41, 5.74) is 2.82. The zero-order chi connectivity index (χ0) is 17.2. The first kappa shape index (κ1) is 15.9. The SMILES string of the molecule is Cc1cccc(C[C@@H]2CCCN(C(=O)c3ccc4c(c3)OCO4)C2)n1. The number of carbonyl (C=O) groups is 1. The molecule has 1 atom stereocenters. The van der Waals surface area contributed by atoms with Gasteiger partial charge < -0.3 is 14.4 Å². The molecule has 0 spiro atoms. The molecule has 1 aromatic heterocycles. The molecule has 5 heteroatoms. The minimum atomic E-state index is 0.0696. The van der Waals surface area contributed by atoms with Gasteiger partial charge in [0.25, 0.3) is 5.91 Å². The molecule has 0 bridgehead atoms. The Labute approximate surface area is 147 Å².